The van der Waals surface area contributed by atoms with Crippen LogP contribution in [0.2, 0.25) is 0 Å². The van der Waals surface area contributed by atoms with Gasteiger partial charge < -0.3 is 30.3 Å². The van der Waals surface area contributed by atoms with Gasteiger partial charge in [0.25, 0.3) is 11.7 Å². The molecule has 3 aromatic carbocycles. The molecule has 1 amide bonds. The van der Waals surface area contributed by atoms with Gasteiger partial charge in [-0.1, -0.05) is 18.2 Å². The molecular weight excluding hydrogens is 408 g/mol. The number of rotatable bonds is 3. The Balaban J connectivity index is 1.52. The number of aliphatic hydroxyl groups is 1. The van der Waals surface area contributed by atoms with Crippen LogP contribution in [0.25, 0.3) is 11.1 Å². The summed E-state index contributed by atoms with van der Waals surface area (Å²) in [6.45, 7) is 0. The van der Waals surface area contributed by atoms with E-state index in [0.29, 0.717) is 33.9 Å². The Hall–Kier alpha value is -4.23. The molecule has 4 N–H and O–H groups in total. The van der Waals surface area contributed by atoms with Gasteiger partial charge >= 0.3 is 0 Å². The highest BCUT2D eigenvalue weighted by molar-refractivity contribution is 6.12. The van der Waals surface area contributed by atoms with Gasteiger partial charge in [0.2, 0.25) is 0 Å². The summed E-state index contributed by atoms with van der Waals surface area (Å²) in [5.74, 6) is -1.45. The van der Waals surface area contributed by atoms with Crippen LogP contribution in [0.3, 0.4) is 0 Å². The van der Waals surface area contributed by atoms with Crippen LogP contribution < -0.4 is 15.4 Å². The average Bonchev–Trinajstić information content (AvgIpc) is 2.94. The maximum atomic E-state index is 12.9. The Morgan fingerprint density at radius 3 is 2.50 bits per heavy atom. The number of carbonyl (C=O) groups is 1. The number of anilines is 3. The lowest BCUT2D eigenvalue weighted by Crippen LogP contribution is -2.26. The third-order valence-corrected chi connectivity index (χ3v) is 5.49. The zero-order valence-electron chi connectivity index (χ0n) is 17.1. The van der Waals surface area contributed by atoms with E-state index in [0.717, 1.165) is 11.1 Å². The summed E-state index contributed by atoms with van der Waals surface area (Å²) < 4.78 is 10.6. The first kappa shape index (κ1) is 19.7. The molecule has 3 aromatic rings. The van der Waals surface area contributed by atoms with Gasteiger partial charge in [-0.05, 0) is 65.7 Å². The molecule has 0 saturated heterocycles. The largest absolute Gasteiger partial charge is 0.504 e. The predicted molar refractivity (Wildman–Crippen MR) is 121 cm³/mol. The fourth-order valence-electron chi connectivity index (χ4n) is 3.77. The van der Waals surface area contributed by atoms with E-state index in [1.807, 2.05) is 12.1 Å². The topological polar surface area (TPSA) is 100 Å². The van der Waals surface area contributed by atoms with Gasteiger partial charge in [-0.25, -0.2) is 0 Å². The molecule has 1 atom stereocenters. The molecule has 160 valence electrons. The predicted octanol–water partition coefficient (Wildman–Crippen LogP) is 4.62. The second-order valence-corrected chi connectivity index (χ2v) is 7.49. The highest BCUT2D eigenvalue weighted by Gasteiger charge is 2.30. The van der Waals surface area contributed by atoms with Crippen molar-refractivity contribution in [2.75, 3.05) is 17.7 Å². The van der Waals surface area contributed by atoms with Crippen LogP contribution in [0, 0.1) is 0 Å². The number of amides is 1. The molecule has 0 saturated carbocycles. The summed E-state index contributed by atoms with van der Waals surface area (Å²) in [5.41, 5.74) is 4.49. The number of aromatic hydroxyl groups is 1. The molecular formula is C25H20N2O5. The van der Waals surface area contributed by atoms with E-state index in [1.165, 1.54) is 19.4 Å². The molecule has 0 fully saturated rings. The maximum absolute atomic E-state index is 12.9. The fourth-order valence-corrected chi connectivity index (χ4v) is 3.77. The summed E-state index contributed by atoms with van der Waals surface area (Å²) >= 11 is 0. The number of allylic oxidation sites excluding steroid dienone is 2. The summed E-state index contributed by atoms with van der Waals surface area (Å²) in [5, 5.41) is 26.8. The van der Waals surface area contributed by atoms with Crippen molar-refractivity contribution in [1.29, 1.82) is 0 Å². The Bertz CT molecular complexity index is 1300. The van der Waals surface area contributed by atoms with E-state index in [-0.39, 0.29) is 11.7 Å². The van der Waals surface area contributed by atoms with Gasteiger partial charge in [-0.3, -0.25) is 4.79 Å². The zero-order chi connectivity index (χ0) is 22.3. The summed E-state index contributed by atoms with van der Waals surface area (Å²) in [6.07, 6.45) is 6.33. The van der Waals surface area contributed by atoms with Gasteiger partial charge in [0.05, 0.1) is 36.0 Å². The van der Waals surface area contributed by atoms with E-state index in [1.54, 1.807) is 54.6 Å². The van der Waals surface area contributed by atoms with Crippen molar-refractivity contribution in [3.8, 4) is 22.6 Å². The van der Waals surface area contributed by atoms with E-state index >= 15 is 0 Å². The molecule has 2 aliphatic rings. The normalized spacial score (nSPS) is 18.5. The van der Waals surface area contributed by atoms with Gasteiger partial charge in [-0.15, -0.1) is 0 Å². The number of hydrogen-bond donors (Lipinski definition) is 4. The number of fused-ring (bicyclic) bond motifs is 2. The summed E-state index contributed by atoms with van der Waals surface area (Å²) in [7, 11) is 1.49. The van der Waals surface area contributed by atoms with E-state index in [9.17, 15) is 15.0 Å². The summed E-state index contributed by atoms with van der Waals surface area (Å²) in [6, 6.07) is 15.7. The van der Waals surface area contributed by atoms with Crippen LogP contribution in [0.5, 0.6) is 11.5 Å². The highest BCUT2D eigenvalue weighted by Crippen LogP contribution is 2.39. The number of phenols is 1. The average molecular weight is 428 g/mol. The molecule has 32 heavy (non-hydrogen) atoms. The van der Waals surface area contributed by atoms with E-state index in [4.69, 9.17) is 9.47 Å². The fraction of sp³-hybridized carbons (Fsp3) is 0.0800. The van der Waals surface area contributed by atoms with Gasteiger partial charge in [0.1, 0.15) is 0 Å². The third-order valence-electron chi connectivity index (χ3n) is 5.49. The number of benzene rings is 3. The summed E-state index contributed by atoms with van der Waals surface area (Å²) in [4.78, 5) is 12.9. The van der Waals surface area contributed by atoms with Crippen molar-refractivity contribution in [1.82, 2.24) is 0 Å². The Labute approximate surface area is 184 Å². The van der Waals surface area contributed by atoms with Crippen molar-refractivity contribution < 1.29 is 24.5 Å². The van der Waals surface area contributed by atoms with Crippen LogP contribution in [0.15, 0.2) is 79.1 Å². The van der Waals surface area contributed by atoms with Crippen molar-refractivity contribution >= 4 is 23.0 Å². The van der Waals surface area contributed by atoms with Crippen LogP contribution in [-0.2, 0) is 10.5 Å². The quantitative estimate of drug-likeness (QED) is 0.486. The lowest BCUT2D eigenvalue weighted by atomic mass is 10.0. The molecule has 0 aliphatic carbocycles. The Morgan fingerprint density at radius 2 is 1.72 bits per heavy atom. The van der Waals surface area contributed by atoms with Gasteiger partial charge in [-0.2, -0.15) is 0 Å². The molecule has 0 aromatic heterocycles. The maximum Gasteiger partial charge on any atom is 0.257 e. The van der Waals surface area contributed by atoms with Crippen molar-refractivity contribution in [2.24, 2.45) is 0 Å². The Kier molecular flexibility index (Phi) is 4.61. The first-order valence-corrected chi connectivity index (χ1v) is 9.96. The van der Waals surface area contributed by atoms with Crippen molar-refractivity contribution in [3.63, 3.8) is 0 Å². The van der Waals surface area contributed by atoms with Gasteiger partial charge in [0, 0.05) is 5.56 Å². The molecule has 7 heteroatoms. The molecule has 7 nitrogen and oxygen atoms in total. The SMILES string of the molecule is COc1cc(-c2ccc3c(c2)Nc2ccc(C4(O)C=CC=CO4)cc2NC3=O)ccc1O. The van der Waals surface area contributed by atoms with Crippen molar-refractivity contribution in [2.45, 2.75) is 5.79 Å². The number of phenolic OH excluding ortho intramolecular Hbond substituents is 1. The van der Waals surface area contributed by atoms with Crippen LogP contribution in [0.1, 0.15) is 15.9 Å². The molecule has 0 bridgehead atoms. The smallest absolute Gasteiger partial charge is 0.257 e. The van der Waals surface area contributed by atoms with Crippen LogP contribution >= 0.6 is 0 Å². The number of ether oxygens (including phenoxy) is 2. The molecule has 5 rings (SSSR count). The Morgan fingerprint density at radius 1 is 0.906 bits per heavy atom. The second kappa shape index (κ2) is 7.47. The lowest BCUT2D eigenvalue weighted by molar-refractivity contribution is -0.135. The zero-order valence-corrected chi connectivity index (χ0v) is 17.1. The minimum atomic E-state index is -1.60. The monoisotopic (exact) mass is 428 g/mol. The molecule has 0 radical (unpaired) electrons. The minimum Gasteiger partial charge on any atom is -0.504 e. The first-order chi connectivity index (χ1) is 15.5. The van der Waals surface area contributed by atoms with Gasteiger partial charge in [0.15, 0.2) is 11.5 Å². The van der Waals surface area contributed by atoms with E-state index < -0.39 is 5.79 Å². The minimum absolute atomic E-state index is 0.0576. The third kappa shape index (κ3) is 3.34. The standard InChI is InChI=1S/C25H20N2O5/c1-31-23-13-16(5-9-22(23)28)15-4-7-18-20(12-15)26-19-8-6-17(14-21(19)27-24(18)29)25(30)10-2-3-11-32-25/h2-14,26,28,30H,1H3,(H,27,29). The number of carbonyl (C=O) groups excluding carboxylic acids is 1. The highest BCUT2D eigenvalue weighted by atomic mass is 16.6. The van der Waals surface area contributed by atoms with Crippen molar-refractivity contribution in [3.05, 3.63) is 90.2 Å². The van der Waals surface area contributed by atoms with Crippen LogP contribution in [-0.4, -0.2) is 23.2 Å². The molecule has 1 unspecified atom stereocenters. The number of methoxy groups -OCH3 is 1. The molecule has 2 aliphatic heterocycles. The molecule has 0 spiro atoms. The first-order valence-electron chi connectivity index (χ1n) is 9.96. The van der Waals surface area contributed by atoms with Crippen LogP contribution in [0.4, 0.5) is 17.1 Å². The molecule has 2 heterocycles. The second-order valence-electron chi connectivity index (χ2n) is 7.49. The number of hydrogen-bond acceptors (Lipinski definition) is 6. The number of nitrogens with one attached hydrogen (secondary N) is 2. The lowest BCUT2D eigenvalue weighted by Gasteiger charge is -2.26. The van der Waals surface area contributed by atoms with E-state index in [2.05, 4.69) is 10.6 Å².